The summed E-state index contributed by atoms with van der Waals surface area (Å²) in [5.74, 6) is -0.0590. The number of rotatable bonds is 8. The quantitative estimate of drug-likeness (QED) is 0.438. The van der Waals surface area contributed by atoms with Crippen LogP contribution in [0, 0.1) is 5.82 Å². The van der Waals surface area contributed by atoms with E-state index in [1.165, 1.54) is 23.8 Å². The fraction of sp³-hybridized carbons (Fsp3) is 0.481. The zero-order valence-corrected chi connectivity index (χ0v) is 21.0. The molecule has 6 nitrogen and oxygen atoms in total. The van der Waals surface area contributed by atoms with Crippen LogP contribution in [0.4, 0.5) is 9.52 Å². The molecule has 5 rings (SSSR count). The van der Waals surface area contributed by atoms with Gasteiger partial charge in [0.25, 0.3) is 0 Å². The van der Waals surface area contributed by atoms with Crippen molar-refractivity contribution in [1.29, 1.82) is 0 Å². The summed E-state index contributed by atoms with van der Waals surface area (Å²) in [6.07, 6.45) is 4.56. The van der Waals surface area contributed by atoms with Gasteiger partial charge in [0.05, 0.1) is 35.1 Å². The highest BCUT2D eigenvalue weighted by Crippen LogP contribution is 2.43. The number of ether oxygens (including phenoxy) is 2. The van der Waals surface area contributed by atoms with E-state index >= 15 is 4.39 Å². The molecule has 2 atom stereocenters. The Bertz CT molecular complexity index is 1160. The minimum absolute atomic E-state index is 0.00849. The highest BCUT2D eigenvalue weighted by molar-refractivity contribution is 7.22. The van der Waals surface area contributed by atoms with E-state index in [2.05, 4.69) is 34.5 Å². The number of fused-ring (bicyclic) bond motifs is 1. The van der Waals surface area contributed by atoms with E-state index < -0.39 is 0 Å². The van der Waals surface area contributed by atoms with Crippen molar-refractivity contribution < 1.29 is 18.7 Å². The first-order valence-electron chi connectivity index (χ1n) is 12.4. The van der Waals surface area contributed by atoms with Gasteiger partial charge in [-0.2, -0.15) is 0 Å². The molecular weight excluding hydrogens is 465 g/mol. The molecule has 1 saturated carbocycles. The van der Waals surface area contributed by atoms with Gasteiger partial charge in [-0.3, -0.25) is 4.79 Å². The van der Waals surface area contributed by atoms with Crippen LogP contribution in [0.5, 0.6) is 5.75 Å². The topological polar surface area (TPSA) is 63.7 Å². The molecule has 0 bridgehead atoms. The number of nitrogens with zero attached hydrogens (tertiary/aromatic N) is 2. The maximum atomic E-state index is 15.4. The SMILES string of the molecule is CC(=O)N[C@@H](C)COC1CCC(Oc2ccc3nc(N4CCC4c4ccccc4)sc3c2F)CC1. The maximum Gasteiger partial charge on any atom is 0.217 e. The molecule has 1 N–H and O–H groups in total. The van der Waals surface area contributed by atoms with Gasteiger partial charge >= 0.3 is 0 Å². The fourth-order valence-electron chi connectivity index (χ4n) is 4.95. The Labute approximate surface area is 209 Å². The van der Waals surface area contributed by atoms with E-state index in [1.807, 2.05) is 19.1 Å². The first kappa shape index (κ1) is 24.0. The van der Waals surface area contributed by atoms with Crippen molar-refractivity contribution in [3.05, 3.63) is 53.8 Å². The third-order valence-corrected chi connectivity index (χ3v) is 7.95. The number of anilines is 1. The van der Waals surface area contributed by atoms with Crippen LogP contribution in [0.1, 0.15) is 57.6 Å². The average molecular weight is 498 g/mol. The van der Waals surface area contributed by atoms with E-state index in [0.717, 1.165) is 43.8 Å². The lowest BCUT2D eigenvalue weighted by Crippen LogP contribution is -2.40. The van der Waals surface area contributed by atoms with Crippen molar-refractivity contribution >= 4 is 32.6 Å². The number of thiazole rings is 1. The Morgan fingerprint density at radius 2 is 1.89 bits per heavy atom. The standard InChI is InChI=1S/C27H32FN3O3S/c1-17(29-18(2)32)16-33-20-8-10-21(11-9-20)34-24-13-12-22-26(25(24)28)35-27(30-22)31-15-14-23(31)19-6-4-3-5-7-19/h3-7,12-13,17,20-21,23H,8-11,14-16H2,1-2H3,(H,29,32)/t17-,20?,21?,23?/m0/s1. The Hall–Kier alpha value is -2.71. The van der Waals surface area contributed by atoms with Crippen molar-refractivity contribution in [1.82, 2.24) is 10.3 Å². The van der Waals surface area contributed by atoms with Crippen LogP contribution in [0.3, 0.4) is 0 Å². The number of halogens is 1. The lowest BCUT2D eigenvalue weighted by atomic mass is 9.95. The molecule has 2 heterocycles. The number of carbonyl (C=O) groups excluding carboxylic acids is 1. The van der Waals surface area contributed by atoms with Crippen molar-refractivity contribution in [3.8, 4) is 5.75 Å². The highest BCUT2D eigenvalue weighted by Gasteiger charge is 2.32. The second-order valence-electron chi connectivity index (χ2n) is 9.58. The number of nitrogens with one attached hydrogen (secondary N) is 1. The molecule has 1 amide bonds. The summed E-state index contributed by atoms with van der Waals surface area (Å²) < 4.78 is 28.0. The van der Waals surface area contributed by atoms with Gasteiger partial charge in [-0.05, 0) is 56.7 Å². The average Bonchev–Trinajstić information content (AvgIpc) is 3.24. The normalized spacial score (nSPS) is 23.1. The summed E-state index contributed by atoms with van der Waals surface area (Å²) in [6.45, 7) is 4.87. The van der Waals surface area contributed by atoms with Gasteiger partial charge in [-0.15, -0.1) is 0 Å². The molecule has 1 aromatic heterocycles. The monoisotopic (exact) mass is 497 g/mol. The van der Waals surface area contributed by atoms with Crippen LogP contribution >= 0.6 is 11.3 Å². The molecule has 1 aliphatic carbocycles. The maximum absolute atomic E-state index is 15.4. The van der Waals surface area contributed by atoms with E-state index in [0.29, 0.717) is 28.6 Å². The summed E-state index contributed by atoms with van der Waals surface area (Å²) in [6, 6.07) is 14.3. The molecule has 1 unspecified atom stereocenters. The highest BCUT2D eigenvalue weighted by atomic mass is 32.1. The van der Waals surface area contributed by atoms with Gasteiger partial charge in [0, 0.05) is 19.5 Å². The minimum Gasteiger partial charge on any atom is -0.487 e. The first-order valence-corrected chi connectivity index (χ1v) is 13.3. The predicted octanol–water partition coefficient (Wildman–Crippen LogP) is 5.62. The second kappa shape index (κ2) is 10.5. The molecule has 2 aliphatic rings. The molecule has 2 aromatic carbocycles. The molecule has 186 valence electrons. The molecule has 8 heteroatoms. The number of amides is 1. The molecule has 3 aromatic rings. The number of carbonyl (C=O) groups is 1. The Morgan fingerprint density at radius 1 is 1.14 bits per heavy atom. The number of hydrogen-bond acceptors (Lipinski definition) is 6. The Kier molecular flexibility index (Phi) is 7.20. The molecule has 1 saturated heterocycles. The van der Waals surface area contributed by atoms with Crippen LogP contribution in [0.15, 0.2) is 42.5 Å². The molecule has 35 heavy (non-hydrogen) atoms. The summed E-state index contributed by atoms with van der Waals surface area (Å²) in [7, 11) is 0. The van der Waals surface area contributed by atoms with Crippen LogP contribution < -0.4 is 15.0 Å². The molecule has 0 spiro atoms. The minimum atomic E-state index is -0.314. The molecule has 2 fully saturated rings. The molecule has 1 aliphatic heterocycles. The third-order valence-electron chi connectivity index (χ3n) is 6.85. The van der Waals surface area contributed by atoms with Crippen LogP contribution in [0.25, 0.3) is 10.2 Å². The van der Waals surface area contributed by atoms with Gasteiger partial charge in [0.1, 0.15) is 0 Å². The summed E-state index contributed by atoms with van der Waals surface area (Å²) in [4.78, 5) is 18.1. The van der Waals surface area contributed by atoms with Crippen molar-refractivity contribution in [2.45, 2.75) is 70.2 Å². The Balaban J connectivity index is 1.19. The first-order chi connectivity index (χ1) is 17.0. The lowest BCUT2D eigenvalue weighted by Gasteiger charge is -2.41. The van der Waals surface area contributed by atoms with Crippen molar-refractivity contribution in [3.63, 3.8) is 0 Å². The van der Waals surface area contributed by atoms with Gasteiger partial charge in [-0.25, -0.2) is 9.37 Å². The molecular formula is C27H32FN3O3S. The smallest absolute Gasteiger partial charge is 0.217 e. The van der Waals surface area contributed by atoms with Crippen LogP contribution in [-0.2, 0) is 9.53 Å². The van der Waals surface area contributed by atoms with Gasteiger partial charge < -0.3 is 19.7 Å². The van der Waals surface area contributed by atoms with E-state index in [-0.39, 0.29) is 30.0 Å². The lowest BCUT2D eigenvalue weighted by molar-refractivity contribution is -0.120. The predicted molar refractivity (Wildman–Crippen MR) is 137 cm³/mol. The second-order valence-corrected chi connectivity index (χ2v) is 10.6. The van der Waals surface area contributed by atoms with E-state index in [9.17, 15) is 4.79 Å². The van der Waals surface area contributed by atoms with Gasteiger partial charge in [0.15, 0.2) is 16.7 Å². The van der Waals surface area contributed by atoms with Gasteiger partial charge in [0.2, 0.25) is 5.91 Å². The third kappa shape index (κ3) is 5.43. The summed E-state index contributed by atoms with van der Waals surface area (Å²) in [5.41, 5.74) is 1.95. The van der Waals surface area contributed by atoms with Crippen LogP contribution in [0.2, 0.25) is 0 Å². The van der Waals surface area contributed by atoms with Gasteiger partial charge in [-0.1, -0.05) is 41.7 Å². The number of aromatic nitrogens is 1. The summed E-state index contributed by atoms with van der Waals surface area (Å²) >= 11 is 1.41. The molecule has 0 radical (unpaired) electrons. The number of hydrogen-bond donors (Lipinski definition) is 1. The zero-order valence-electron chi connectivity index (χ0n) is 20.2. The number of benzene rings is 2. The van der Waals surface area contributed by atoms with Crippen LogP contribution in [-0.4, -0.2) is 42.3 Å². The van der Waals surface area contributed by atoms with E-state index in [4.69, 9.17) is 14.5 Å². The fourth-order valence-corrected chi connectivity index (χ4v) is 6.02. The largest absolute Gasteiger partial charge is 0.487 e. The van der Waals surface area contributed by atoms with Crippen molar-refractivity contribution in [2.24, 2.45) is 0 Å². The Morgan fingerprint density at radius 3 is 2.57 bits per heavy atom. The van der Waals surface area contributed by atoms with E-state index in [1.54, 1.807) is 6.07 Å². The van der Waals surface area contributed by atoms with Crippen molar-refractivity contribution in [2.75, 3.05) is 18.1 Å². The summed E-state index contributed by atoms with van der Waals surface area (Å²) in [5, 5.41) is 3.70. The zero-order chi connectivity index (χ0) is 24.4.